The average Bonchev–Trinajstić information content (AvgIpc) is 3.41. The van der Waals surface area contributed by atoms with E-state index < -0.39 is 0 Å². The minimum Gasteiger partial charge on any atom is -0.382 e. The Hall–Kier alpha value is -2.81. The predicted molar refractivity (Wildman–Crippen MR) is 96.5 cm³/mol. The molecular formula is C17H20N8O. The van der Waals surface area contributed by atoms with Crippen LogP contribution in [0.4, 0.5) is 11.8 Å². The predicted octanol–water partition coefficient (Wildman–Crippen LogP) is 1.11. The molecule has 5 rings (SSSR count). The highest BCUT2D eigenvalue weighted by Crippen LogP contribution is 2.33. The Morgan fingerprint density at radius 2 is 1.92 bits per heavy atom. The summed E-state index contributed by atoms with van der Waals surface area (Å²) >= 11 is 0. The fourth-order valence-corrected chi connectivity index (χ4v) is 3.19. The zero-order chi connectivity index (χ0) is 17.5. The summed E-state index contributed by atoms with van der Waals surface area (Å²) in [7, 11) is 0. The maximum Gasteiger partial charge on any atom is 0.228 e. The first-order valence-corrected chi connectivity index (χ1v) is 8.91. The second kappa shape index (κ2) is 6.17. The molecule has 1 aliphatic heterocycles. The van der Waals surface area contributed by atoms with Crippen molar-refractivity contribution in [1.29, 1.82) is 0 Å². The van der Waals surface area contributed by atoms with E-state index in [2.05, 4.69) is 24.4 Å². The highest BCUT2D eigenvalue weighted by Gasteiger charge is 2.25. The number of fused-ring (bicyclic) bond motifs is 1. The van der Waals surface area contributed by atoms with Gasteiger partial charge in [-0.15, -0.1) is 0 Å². The quantitative estimate of drug-likeness (QED) is 0.744. The van der Waals surface area contributed by atoms with Crippen LogP contribution < -0.4 is 10.6 Å². The Morgan fingerprint density at radius 1 is 1.08 bits per heavy atom. The van der Waals surface area contributed by atoms with Crippen LogP contribution in [0.15, 0.2) is 18.7 Å². The lowest BCUT2D eigenvalue weighted by atomic mass is 10.2. The molecule has 0 radical (unpaired) electrons. The van der Waals surface area contributed by atoms with Crippen LogP contribution in [0.1, 0.15) is 12.8 Å². The first-order chi connectivity index (χ1) is 12.8. The van der Waals surface area contributed by atoms with Gasteiger partial charge in [-0.05, 0) is 18.8 Å². The monoisotopic (exact) mass is 352 g/mol. The summed E-state index contributed by atoms with van der Waals surface area (Å²) in [6, 6.07) is 0. The lowest BCUT2D eigenvalue weighted by molar-refractivity contribution is 0.122. The van der Waals surface area contributed by atoms with Gasteiger partial charge in [0.05, 0.1) is 31.9 Å². The van der Waals surface area contributed by atoms with Crippen molar-refractivity contribution in [2.75, 3.05) is 36.9 Å². The smallest absolute Gasteiger partial charge is 0.228 e. The molecule has 3 aromatic rings. The molecule has 3 aromatic heterocycles. The van der Waals surface area contributed by atoms with Crippen LogP contribution in [-0.4, -0.2) is 55.8 Å². The molecule has 9 nitrogen and oxygen atoms in total. The van der Waals surface area contributed by atoms with Crippen molar-refractivity contribution in [2.45, 2.75) is 19.4 Å². The van der Waals surface area contributed by atoms with E-state index in [1.54, 1.807) is 12.4 Å². The van der Waals surface area contributed by atoms with E-state index in [1.807, 2.05) is 6.33 Å². The van der Waals surface area contributed by atoms with Crippen molar-refractivity contribution >= 4 is 22.9 Å². The third-order valence-electron chi connectivity index (χ3n) is 4.81. The van der Waals surface area contributed by atoms with Crippen molar-refractivity contribution in [3.05, 3.63) is 18.7 Å². The topological polar surface area (TPSA) is 108 Å². The molecule has 0 aromatic carbocycles. The van der Waals surface area contributed by atoms with Gasteiger partial charge in [-0.2, -0.15) is 4.98 Å². The maximum absolute atomic E-state index is 5.68. The Kier molecular flexibility index (Phi) is 3.66. The Morgan fingerprint density at radius 3 is 2.65 bits per heavy atom. The maximum atomic E-state index is 5.68. The van der Waals surface area contributed by atoms with Crippen molar-refractivity contribution < 1.29 is 4.74 Å². The van der Waals surface area contributed by atoms with Gasteiger partial charge in [-0.1, -0.05) is 0 Å². The first kappa shape index (κ1) is 15.4. The van der Waals surface area contributed by atoms with Crippen LogP contribution in [0.2, 0.25) is 0 Å². The highest BCUT2D eigenvalue weighted by atomic mass is 16.5. The lowest BCUT2D eigenvalue weighted by Crippen LogP contribution is -2.37. The molecule has 134 valence electrons. The summed E-state index contributed by atoms with van der Waals surface area (Å²) in [6.07, 6.45) is 7.59. The minimum absolute atomic E-state index is 0.381. The van der Waals surface area contributed by atoms with Gasteiger partial charge in [-0.3, -0.25) is 0 Å². The van der Waals surface area contributed by atoms with Crippen LogP contribution in [0.25, 0.3) is 22.6 Å². The van der Waals surface area contributed by atoms with E-state index in [9.17, 15) is 0 Å². The van der Waals surface area contributed by atoms with Gasteiger partial charge in [0.2, 0.25) is 5.95 Å². The van der Waals surface area contributed by atoms with Crippen molar-refractivity contribution in [3.63, 3.8) is 0 Å². The number of aromatic nitrogens is 6. The largest absolute Gasteiger partial charge is 0.382 e. The van der Waals surface area contributed by atoms with Crippen LogP contribution in [0.5, 0.6) is 0 Å². The Bertz CT molecular complexity index is 928. The second-order valence-corrected chi connectivity index (χ2v) is 6.81. The van der Waals surface area contributed by atoms with E-state index in [1.165, 1.54) is 12.8 Å². The molecule has 0 atom stereocenters. The van der Waals surface area contributed by atoms with Gasteiger partial charge in [0, 0.05) is 19.6 Å². The fourth-order valence-electron chi connectivity index (χ4n) is 3.19. The molecule has 0 unspecified atom stereocenters. The number of rotatable bonds is 4. The van der Waals surface area contributed by atoms with Crippen LogP contribution >= 0.6 is 0 Å². The van der Waals surface area contributed by atoms with Crippen molar-refractivity contribution in [3.8, 4) is 11.4 Å². The number of imidazole rings is 1. The van der Waals surface area contributed by atoms with Crippen LogP contribution in [0.3, 0.4) is 0 Å². The SMILES string of the molecule is Nc1cnc(-c2nc(N3CCOCC3)nc3c2ncn3CC2CC2)cn1. The number of nitrogens with zero attached hydrogens (tertiary/aromatic N) is 7. The minimum atomic E-state index is 0.381. The summed E-state index contributed by atoms with van der Waals surface area (Å²) in [5.74, 6) is 1.80. The summed E-state index contributed by atoms with van der Waals surface area (Å²) in [5, 5.41) is 0. The summed E-state index contributed by atoms with van der Waals surface area (Å²) in [4.78, 5) is 24.9. The molecule has 0 spiro atoms. The van der Waals surface area contributed by atoms with Gasteiger partial charge in [-0.25, -0.2) is 19.9 Å². The van der Waals surface area contributed by atoms with Gasteiger partial charge >= 0.3 is 0 Å². The third kappa shape index (κ3) is 2.84. The Balaban J connectivity index is 1.65. The summed E-state index contributed by atoms with van der Waals surface area (Å²) in [5.41, 5.74) is 8.63. The number of nitrogens with two attached hydrogens (primary N) is 1. The number of anilines is 2. The summed E-state index contributed by atoms with van der Waals surface area (Å²) in [6.45, 7) is 3.85. The molecule has 1 saturated heterocycles. The highest BCUT2D eigenvalue weighted by molar-refractivity contribution is 5.87. The normalized spacial score (nSPS) is 17.8. The lowest BCUT2D eigenvalue weighted by Gasteiger charge is -2.27. The average molecular weight is 352 g/mol. The Labute approximate surface area is 150 Å². The zero-order valence-corrected chi connectivity index (χ0v) is 14.4. The molecule has 26 heavy (non-hydrogen) atoms. The van der Waals surface area contributed by atoms with E-state index in [-0.39, 0.29) is 0 Å². The third-order valence-corrected chi connectivity index (χ3v) is 4.81. The van der Waals surface area contributed by atoms with Crippen molar-refractivity contribution in [2.24, 2.45) is 5.92 Å². The first-order valence-electron chi connectivity index (χ1n) is 8.91. The van der Waals surface area contributed by atoms with Crippen LogP contribution in [0, 0.1) is 5.92 Å². The van der Waals surface area contributed by atoms with Gasteiger partial charge in [0.1, 0.15) is 22.7 Å². The van der Waals surface area contributed by atoms with Gasteiger partial charge < -0.3 is 19.9 Å². The number of nitrogen functional groups attached to an aromatic ring is 1. The molecule has 2 fully saturated rings. The van der Waals surface area contributed by atoms with Crippen LogP contribution in [-0.2, 0) is 11.3 Å². The number of hydrogen-bond donors (Lipinski definition) is 1. The summed E-state index contributed by atoms with van der Waals surface area (Å²) < 4.78 is 7.59. The number of hydrogen-bond acceptors (Lipinski definition) is 8. The fraction of sp³-hybridized carbons (Fsp3) is 0.471. The molecule has 1 saturated carbocycles. The number of morpholine rings is 1. The molecule has 9 heteroatoms. The zero-order valence-electron chi connectivity index (χ0n) is 14.4. The molecular weight excluding hydrogens is 332 g/mol. The molecule has 0 bridgehead atoms. The van der Waals surface area contributed by atoms with E-state index in [0.717, 1.165) is 36.7 Å². The van der Waals surface area contributed by atoms with E-state index >= 15 is 0 Å². The van der Waals surface area contributed by atoms with Gasteiger partial charge in [0.25, 0.3) is 0 Å². The molecule has 4 heterocycles. The standard InChI is InChI=1S/C17H20N8O/c18-13-8-19-12(7-20-13)14-15-16(25(10-21-15)9-11-1-2-11)23-17(22-14)24-3-5-26-6-4-24/h7-8,10-11H,1-6,9H2,(H2,18,20). The molecule has 2 N–H and O–H groups in total. The molecule has 2 aliphatic rings. The van der Waals surface area contributed by atoms with Crippen molar-refractivity contribution in [1.82, 2.24) is 29.5 Å². The molecule has 0 amide bonds. The van der Waals surface area contributed by atoms with E-state index in [4.69, 9.17) is 20.4 Å². The second-order valence-electron chi connectivity index (χ2n) is 6.81. The molecule has 1 aliphatic carbocycles. The van der Waals surface area contributed by atoms with Gasteiger partial charge in [0.15, 0.2) is 5.65 Å². The van der Waals surface area contributed by atoms with E-state index in [0.29, 0.717) is 36.4 Å². The number of ether oxygens (including phenoxy) is 1.